The number of anilines is 1. The highest BCUT2D eigenvalue weighted by molar-refractivity contribution is 7.92. The number of hydrogen-bond acceptors (Lipinski definition) is 4. The van der Waals surface area contributed by atoms with Crippen molar-refractivity contribution in [2.75, 3.05) is 30.9 Å². The molecule has 0 aromatic heterocycles. The normalized spacial score (nSPS) is 20.8. The summed E-state index contributed by atoms with van der Waals surface area (Å²) in [4.78, 5) is 15.0. The maximum Gasteiger partial charge on any atom is 0.262 e. The SMILES string of the molecule is Cc1ccc(C)c(S(=O)(=O)Nc2cccc(C(=O)N3C[C@H]4CNC[C@H]4C3)c2)c1.Cl. The van der Waals surface area contributed by atoms with Gasteiger partial charge in [-0.25, -0.2) is 8.42 Å². The van der Waals surface area contributed by atoms with Crippen molar-refractivity contribution in [1.82, 2.24) is 10.2 Å². The summed E-state index contributed by atoms with van der Waals surface area (Å²) in [7, 11) is -3.72. The Morgan fingerprint density at radius 2 is 1.76 bits per heavy atom. The average molecular weight is 436 g/mol. The van der Waals surface area contributed by atoms with Gasteiger partial charge in [-0.1, -0.05) is 18.2 Å². The second kappa shape index (κ2) is 8.34. The summed E-state index contributed by atoms with van der Waals surface area (Å²) in [5.41, 5.74) is 2.47. The van der Waals surface area contributed by atoms with E-state index in [4.69, 9.17) is 0 Å². The van der Waals surface area contributed by atoms with E-state index in [9.17, 15) is 13.2 Å². The molecule has 2 aromatic rings. The molecule has 29 heavy (non-hydrogen) atoms. The van der Waals surface area contributed by atoms with Gasteiger partial charge in [-0.3, -0.25) is 9.52 Å². The zero-order valence-corrected chi connectivity index (χ0v) is 18.1. The molecule has 2 aliphatic rings. The van der Waals surface area contributed by atoms with Crippen molar-refractivity contribution >= 4 is 34.0 Å². The predicted octanol–water partition coefficient (Wildman–Crippen LogP) is 2.82. The lowest BCUT2D eigenvalue weighted by atomic mass is 10.0. The summed E-state index contributed by atoms with van der Waals surface area (Å²) < 4.78 is 28.3. The van der Waals surface area contributed by atoms with Crippen LogP contribution in [0.15, 0.2) is 47.4 Å². The minimum Gasteiger partial charge on any atom is -0.338 e. The molecule has 0 aliphatic carbocycles. The number of aryl methyl sites for hydroxylation is 2. The van der Waals surface area contributed by atoms with Crippen LogP contribution < -0.4 is 10.0 Å². The van der Waals surface area contributed by atoms with Crippen LogP contribution in [0, 0.1) is 25.7 Å². The van der Waals surface area contributed by atoms with Crippen LogP contribution in [0.25, 0.3) is 0 Å². The zero-order chi connectivity index (χ0) is 19.9. The van der Waals surface area contributed by atoms with E-state index in [1.807, 2.05) is 17.9 Å². The number of carbonyl (C=O) groups excluding carboxylic acids is 1. The van der Waals surface area contributed by atoms with Crippen molar-refractivity contribution in [3.05, 3.63) is 59.2 Å². The second-order valence-electron chi connectivity index (χ2n) is 7.84. The second-order valence-corrected chi connectivity index (χ2v) is 9.49. The molecule has 2 N–H and O–H groups in total. The molecule has 1 amide bonds. The van der Waals surface area contributed by atoms with Crippen molar-refractivity contribution in [3.8, 4) is 0 Å². The van der Waals surface area contributed by atoms with E-state index in [0.29, 0.717) is 28.7 Å². The summed E-state index contributed by atoms with van der Waals surface area (Å²) in [6.45, 7) is 7.07. The van der Waals surface area contributed by atoms with Gasteiger partial charge < -0.3 is 10.2 Å². The Kier molecular flexibility index (Phi) is 6.22. The van der Waals surface area contributed by atoms with Gasteiger partial charge in [0.1, 0.15) is 0 Å². The number of rotatable bonds is 4. The molecule has 0 bridgehead atoms. The maximum atomic E-state index is 12.9. The van der Waals surface area contributed by atoms with E-state index in [1.54, 1.807) is 43.3 Å². The highest BCUT2D eigenvalue weighted by Gasteiger charge is 2.38. The molecular weight excluding hydrogens is 410 g/mol. The number of halogens is 1. The smallest absolute Gasteiger partial charge is 0.262 e. The molecule has 2 atom stereocenters. The fraction of sp³-hybridized carbons (Fsp3) is 0.381. The first-order valence-corrected chi connectivity index (χ1v) is 11.0. The van der Waals surface area contributed by atoms with Crippen LogP contribution in [0.1, 0.15) is 21.5 Å². The van der Waals surface area contributed by atoms with Crippen molar-refractivity contribution < 1.29 is 13.2 Å². The number of carbonyl (C=O) groups is 1. The quantitative estimate of drug-likeness (QED) is 0.774. The van der Waals surface area contributed by atoms with Crippen LogP contribution in [0.5, 0.6) is 0 Å². The van der Waals surface area contributed by atoms with Crippen molar-refractivity contribution in [1.29, 1.82) is 0 Å². The number of sulfonamides is 1. The number of hydrogen-bond donors (Lipinski definition) is 2. The molecule has 6 nitrogen and oxygen atoms in total. The molecule has 0 unspecified atom stereocenters. The minimum atomic E-state index is -3.72. The molecular formula is C21H26ClN3O3S. The van der Waals surface area contributed by atoms with Gasteiger partial charge in [-0.2, -0.15) is 0 Å². The molecule has 0 radical (unpaired) electrons. The third-order valence-electron chi connectivity index (χ3n) is 5.67. The average Bonchev–Trinajstić information content (AvgIpc) is 3.25. The van der Waals surface area contributed by atoms with Crippen LogP contribution in [0.2, 0.25) is 0 Å². The fourth-order valence-corrected chi connectivity index (χ4v) is 5.51. The minimum absolute atomic E-state index is 0. The number of likely N-dealkylation sites (tertiary alicyclic amines) is 1. The van der Waals surface area contributed by atoms with Gasteiger partial charge in [0.15, 0.2) is 0 Å². The molecule has 2 fully saturated rings. The van der Waals surface area contributed by atoms with Crippen LogP contribution in [0.4, 0.5) is 5.69 Å². The lowest BCUT2D eigenvalue weighted by Crippen LogP contribution is -2.31. The van der Waals surface area contributed by atoms with E-state index in [2.05, 4.69) is 10.0 Å². The standard InChI is InChI=1S/C21H25N3O3S.ClH/c1-14-6-7-15(2)20(8-14)28(26,27)23-19-5-3-4-16(9-19)21(25)24-12-17-10-22-11-18(17)13-24;/h3-9,17-18,22-23H,10-13H2,1-2H3;1H/t17-,18+;. The molecule has 0 spiro atoms. The van der Waals surface area contributed by atoms with Gasteiger partial charge in [0.05, 0.1) is 4.90 Å². The summed E-state index contributed by atoms with van der Waals surface area (Å²) in [6.07, 6.45) is 0. The molecule has 2 aliphatic heterocycles. The van der Waals surface area contributed by atoms with Crippen molar-refractivity contribution in [2.24, 2.45) is 11.8 Å². The van der Waals surface area contributed by atoms with Crippen molar-refractivity contribution in [2.45, 2.75) is 18.7 Å². The zero-order valence-electron chi connectivity index (χ0n) is 16.5. The van der Waals surface area contributed by atoms with E-state index in [-0.39, 0.29) is 23.2 Å². The Labute approximate surface area is 178 Å². The lowest BCUT2D eigenvalue weighted by Gasteiger charge is -2.18. The summed E-state index contributed by atoms with van der Waals surface area (Å²) in [6, 6.07) is 12.1. The Hall–Kier alpha value is -2.09. The molecule has 156 valence electrons. The molecule has 2 heterocycles. The first-order chi connectivity index (χ1) is 13.3. The van der Waals surface area contributed by atoms with Gasteiger partial charge in [0.25, 0.3) is 15.9 Å². The Morgan fingerprint density at radius 1 is 1.07 bits per heavy atom. The molecule has 4 rings (SSSR count). The number of nitrogens with zero attached hydrogens (tertiary/aromatic N) is 1. The molecule has 2 saturated heterocycles. The first kappa shape index (κ1) is 21.6. The summed E-state index contributed by atoms with van der Waals surface area (Å²) >= 11 is 0. The third kappa shape index (κ3) is 4.42. The predicted molar refractivity (Wildman–Crippen MR) is 116 cm³/mol. The van der Waals surface area contributed by atoms with Gasteiger partial charge in [0.2, 0.25) is 0 Å². The number of fused-ring (bicyclic) bond motifs is 1. The van der Waals surface area contributed by atoms with Crippen LogP contribution in [0.3, 0.4) is 0 Å². The van der Waals surface area contributed by atoms with E-state index in [0.717, 1.165) is 31.7 Å². The highest BCUT2D eigenvalue weighted by atomic mass is 35.5. The topological polar surface area (TPSA) is 78.5 Å². The molecule has 8 heteroatoms. The number of amides is 1. The van der Waals surface area contributed by atoms with E-state index < -0.39 is 10.0 Å². The molecule has 0 saturated carbocycles. The molecule has 2 aromatic carbocycles. The summed E-state index contributed by atoms with van der Waals surface area (Å²) in [5, 5.41) is 3.37. The fourth-order valence-electron chi connectivity index (χ4n) is 4.13. The first-order valence-electron chi connectivity index (χ1n) is 9.53. The Balaban J connectivity index is 0.00000240. The van der Waals surface area contributed by atoms with Gasteiger partial charge in [-0.05, 0) is 61.1 Å². The number of nitrogens with one attached hydrogen (secondary N) is 2. The van der Waals surface area contributed by atoms with Crippen LogP contribution in [-0.2, 0) is 10.0 Å². The van der Waals surface area contributed by atoms with Crippen LogP contribution in [-0.4, -0.2) is 45.4 Å². The lowest BCUT2D eigenvalue weighted by molar-refractivity contribution is 0.0781. The van der Waals surface area contributed by atoms with E-state index >= 15 is 0 Å². The van der Waals surface area contributed by atoms with Gasteiger partial charge >= 0.3 is 0 Å². The third-order valence-corrected chi connectivity index (χ3v) is 7.19. The maximum absolute atomic E-state index is 12.9. The largest absolute Gasteiger partial charge is 0.338 e. The van der Waals surface area contributed by atoms with Crippen molar-refractivity contribution in [3.63, 3.8) is 0 Å². The number of benzene rings is 2. The summed E-state index contributed by atoms with van der Waals surface area (Å²) in [5.74, 6) is 1.01. The van der Waals surface area contributed by atoms with Gasteiger partial charge in [-0.15, -0.1) is 12.4 Å². The monoisotopic (exact) mass is 435 g/mol. The van der Waals surface area contributed by atoms with E-state index in [1.165, 1.54) is 0 Å². The Bertz CT molecular complexity index is 1010. The van der Waals surface area contributed by atoms with Gasteiger partial charge in [0, 0.05) is 37.4 Å². The van der Waals surface area contributed by atoms with Crippen LogP contribution >= 0.6 is 12.4 Å². The highest BCUT2D eigenvalue weighted by Crippen LogP contribution is 2.28. The Morgan fingerprint density at radius 3 is 2.45 bits per heavy atom.